The zero-order valence-electron chi connectivity index (χ0n) is 13.0. The third kappa shape index (κ3) is 3.74. The molecule has 23 heavy (non-hydrogen) atoms. The third-order valence-corrected chi connectivity index (χ3v) is 4.98. The molecule has 0 fully saturated rings. The first kappa shape index (κ1) is 15.6. The number of aryl methyl sites for hydroxylation is 1. The molecule has 2 nitrogen and oxygen atoms in total. The summed E-state index contributed by atoms with van der Waals surface area (Å²) in [6.07, 6.45) is 0.0768. The van der Waals surface area contributed by atoms with Gasteiger partial charge in [0, 0.05) is 10.6 Å². The summed E-state index contributed by atoms with van der Waals surface area (Å²) < 4.78 is 0. The van der Waals surface area contributed by atoms with Crippen LogP contribution >= 0.6 is 11.8 Å². The summed E-state index contributed by atoms with van der Waals surface area (Å²) in [4.78, 5) is 11.9. The van der Waals surface area contributed by atoms with Crippen molar-refractivity contribution in [2.45, 2.75) is 24.0 Å². The minimum atomic E-state index is -0.795. The van der Waals surface area contributed by atoms with Gasteiger partial charge in [0.25, 0.3) is 0 Å². The second-order valence-corrected chi connectivity index (χ2v) is 6.63. The number of aliphatic carboxylic acids is 1. The Hall–Kier alpha value is -2.26. The summed E-state index contributed by atoms with van der Waals surface area (Å²) >= 11 is 1.78. The van der Waals surface area contributed by atoms with Crippen molar-refractivity contribution in [2.75, 3.05) is 0 Å². The lowest BCUT2D eigenvalue weighted by Crippen LogP contribution is -1.99. The van der Waals surface area contributed by atoms with Crippen molar-refractivity contribution in [3.05, 3.63) is 77.4 Å². The van der Waals surface area contributed by atoms with E-state index in [2.05, 4.69) is 43.3 Å². The van der Waals surface area contributed by atoms with Gasteiger partial charge in [-0.3, -0.25) is 4.79 Å². The number of thioether (sulfide) groups is 1. The molecule has 3 rings (SSSR count). The van der Waals surface area contributed by atoms with E-state index in [1.807, 2.05) is 24.3 Å². The number of hydrogen-bond acceptors (Lipinski definition) is 2. The molecule has 0 aliphatic carbocycles. The molecule has 0 unspecified atom stereocenters. The van der Waals surface area contributed by atoms with E-state index in [4.69, 9.17) is 5.11 Å². The Morgan fingerprint density at radius 2 is 1.74 bits per heavy atom. The third-order valence-electron chi connectivity index (χ3n) is 3.94. The fourth-order valence-electron chi connectivity index (χ4n) is 2.67. The fourth-order valence-corrected chi connectivity index (χ4v) is 3.69. The molecule has 3 heteroatoms. The van der Waals surface area contributed by atoms with Crippen LogP contribution in [-0.4, -0.2) is 11.1 Å². The van der Waals surface area contributed by atoms with E-state index in [1.165, 1.54) is 21.9 Å². The van der Waals surface area contributed by atoms with Crippen LogP contribution in [0.2, 0.25) is 0 Å². The predicted molar refractivity (Wildman–Crippen MR) is 96.0 cm³/mol. The lowest BCUT2D eigenvalue weighted by molar-refractivity contribution is -0.136. The van der Waals surface area contributed by atoms with Crippen LogP contribution in [0, 0.1) is 6.92 Å². The first-order valence-electron chi connectivity index (χ1n) is 7.54. The summed E-state index contributed by atoms with van der Waals surface area (Å²) in [5, 5.41) is 11.4. The smallest absolute Gasteiger partial charge is 0.307 e. The van der Waals surface area contributed by atoms with Crippen molar-refractivity contribution in [2.24, 2.45) is 0 Å². The zero-order valence-corrected chi connectivity index (χ0v) is 13.8. The number of fused-ring (bicyclic) bond motifs is 1. The average molecular weight is 322 g/mol. The van der Waals surface area contributed by atoms with Gasteiger partial charge >= 0.3 is 5.97 Å². The fraction of sp³-hybridized carbons (Fsp3) is 0.150. The maximum atomic E-state index is 10.7. The minimum absolute atomic E-state index is 0.0768. The van der Waals surface area contributed by atoms with Crippen molar-refractivity contribution < 1.29 is 9.90 Å². The van der Waals surface area contributed by atoms with Gasteiger partial charge in [0.2, 0.25) is 0 Å². The molecule has 0 aliphatic heterocycles. The molecule has 0 heterocycles. The van der Waals surface area contributed by atoms with Gasteiger partial charge in [0.1, 0.15) is 0 Å². The molecule has 0 amide bonds. The Morgan fingerprint density at radius 3 is 2.48 bits per heavy atom. The van der Waals surface area contributed by atoms with Crippen LogP contribution in [0.25, 0.3) is 10.8 Å². The highest BCUT2D eigenvalue weighted by atomic mass is 32.2. The standard InChI is InChI=1S/C20H18O2S/c1-14-6-9-16-4-2-3-5-18(16)19(14)13-23-17-10-7-15(8-11-17)12-20(21)22/h2-11H,12-13H2,1H3,(H,21,22). The summed E-state index contributed by atoms with van der Waals surface area (Å²) in [5.74, 6) is 0.114. The molecule has 0 saturated heterocycles. The van der Waals surface area contributed by atoms with Gasteiger partial charge in [-0.15, -0.1) is 11.8 Å². The Kier molecular flexibility index (Phi) is 4.68. The van der Waals surface area contributed by atoms with Crippen LogP contribution in [0.1, 0.15) is 16.7 Å². The van der Waals surface area contributed by atoms with Crippen LogP contribution < -0.4 is 0 Å². The monoisotopic (exact) mass is 322 g/mol. The first-order chi connectivity index (χ1) is 11.1. The Balaban J connectivity index is 1.78. The molecule has 0 saturated carbocycles. The second kappa shape index (κ2) is 6.88. The molecule has 0 bridgehead atoms. The van der Waals surface area contributed by atoms with E-state index in [9.17, 15) is 4.79 Å². The summed E-state index contributed by atoms with van der Waals surface area (Å²) in [7, 11) is 0. The molecule has 0 aliphatic rings. The summed E-state index contributed by atoms with van der Waals surface area (Å²) in [5.41, 5.74) is 3.50. The molecule has 3 aromatic rings. The maximum absolute atomic E-state index is 10.7. The molecule has 1 N–H and O–H groups in total. The van der Waals surface area contributed by atoms with Crippen molar-refractivity contribution in [3.8, 4) is 0 Å². The van der Waals surface area contributed by atoms with E-state index in [1.54, 1.807) is 11.8 Å². The number of benzene rings is 3. The van der Waals surface area contributed by atoms with Crippen LogP contribution in [0.4, 0.5) is 0 Å². The number of carbonyl (C=O) groups is 1. The maximum Gasteiger partial charge on any atom is 0.307 e. The van der Waals surface area contributed by atoms with Crippen LogP contribution in [0.15, 0.2) is 65.6 Å². The highest BCUT2D eigenvalue weighted by molar-refractivity contribution is 7.98. The molecule has 116 valence electrons. The SMILES string of the molecule is Cc1ccc2ccccc2c1CSc1ccc(CC(=O)O)cc1. The lowest BCUT2D eigenvalue weighted by atomic mass is 10.0. The average Bonchev–Trinajstić information content (AvgIpc) is 2.55. The molecule has 0 atom stereocenters. The topological polar surface area (TPSA) is 37.3 Å². The minimum Gasteiger partial charge on any atom is -0.481 e. The van der Waals surface area contributed by atoms with Gasteiger partial charge in [0.05, 0.1) is 6.42 Å². The van der Waals surface area contributed by atoms with Crippen molar-refractivity contribution in [1.29, 1.82) is 0 Å². The Labute approximate surface area is 140 Å². The van der Waals surface area contributed by atoms with Gasteiger partial charge in [-0.2, -0.15) is 0 Å². The van der Waals surface area contributed by atoms with Gasteiger partial charge in [-0.25, -0.2) is 0 Å². The molecule has 0 radical (unpaired) electrons. The normalized spacial score (nSPS) is 10.8. The van der Waals surface area contributed by atoms with Gasteiger partial charge < -0.3 is 5.11 Å². The van der Waals surface area contributed by atoms with E-state index >= 15 is 0 Å². The number of hydrogen-bond donors (Lipinski definition) is 1. The molecular formula is C20H18O2S. The molecular weight excluding hydrogens is 304 g/mol. The van der Waals surface area contributed by atoms with Crippen molar-refractivity contribution >= 4 is 28.5 Å². The van der Waals surface area contributed by atoms with Crippen LogP contribution in [-0.2, 0) is 17.0 Å². The van der Waals surface area contributed by atoms with E-state index < -0.39 is 5.97 Å². The quantitative estimate of drug-likeness (QED) is 0.667. The summed E-state index contributed by atoms with van der Waals surface area (Å²) in [6, 6.07) is 20.6. The van der Waals surface area contributed by atoms with E-state index in [0.29, 0.717) is 0 Å². The zero-order chi connectivity index (χ0) is 16.2. The van der Waals surface area contributed by atoms with Gasteiger partial charge in [0.15, 0.2) is 0 Å². The molecule has 3 aromatic carbocycles. The van der Waals surface area contributed by atoms with Crippen molar-refractivity contribution in [3.63, 3.8) is 0 Å². The number of carboxylic acids is 1. The molecule has 0 aromatic heterocycles. The van der Waals surface area contributed by atoms with E-state index in [-0.39, 0.29) is 6.42 Å². The Bertz CT molecular complexity index is 838. The largest absolute Gasteiger partial charge is 0.481 e. The highest BCUT2D eigenvalue weighted by Gasteiger charge is 2.06. The Morgan fingerprint density at radius 1 is 1.00 bits per heavy atom. The van der Waals surface area contributed by atoms with Gasteiger partial charge in [-0.05, 0) is 46.5 Å². The van der Waals surface area contributed by atoms with Crippen molar-refractivity contribution in [1.82, 2.24) is 0 Å². The van der Waals surface area contributed by atoms with Crippen LogP contribution in [0.3, 0.4) is 0 Å². The van der Waals surface area contributed by atoms with Gasteiger partial charge in [-0.1, -0.05) is 48.5 Å². The van der Waals surface area contributed by atoms with Crippen LogP contribution in [0.5, 0.6) is 0 Å². The predicted octanol–water partition coefficient (Wildman–Crippen LogP) is 5.07. The first-order valence-corrected chi connectivity index (χ1v) is 8.53. The number of carboxylic acid groups (broad SMARTS) is 1. The molecule has 0 spiro atoms. The lowest BCUT2D eigenvalue weighted by Gasteiger charge is -2.10. The number of rotatable bonds is 5. The van der Waals surface area contributed by atoms with E-state index in [0.717, 1.165) is 16.2 Å². The summed E-state index contributed by atoms with van der Waals surface area (Å²) in [6.45, 7) is 2.15. The highest BCUT2D eigenvalue weighted by Crippen LogP contribution is 2.29. The second-order valence-electron chi connectivity index (χ2n) is 5.59.